The average Bonchev–Trinajstić information content (AvgIpc) is 3.05. The highest BCUT2D eigenvalue weighted by Crippen LogP contribution is 2.46. The van der Waals surface area contributed by atoms with Gasteiger partial charge in [0.2, 0.25) is 5.91 Å². The number of halogens is 1. The first-order valence-corrected chi connectivity index (χ1v) is 12.5. The highest BCUT2D eigenvalue weighted by molar-refractivity contribution is 5.85. The fraction of sp³-hybridized carbons (Fsp3) is 0.500. The molecule has 7 heteroatoms. The summed E-state index contributed by atoms with van der Waals surface area (Å²) < 4.78 is 19.3. The van der Waals surface area contributed by atoms with Crippen LogP contribution in [0.1, 0.15) is 44.2 Å². The fourth-order valence-corrected chi connectivity index (χ4v) is 5.58. The third-order valence-corrected chi connectivity index (χ3v) is 7.23. The molecule has 1 amide bonds. The van der Waals surface area contributed by atoms with E-state index in [1.165, 1.54) is 6.07 Å². The molecule has 0 saturated carbocycles. The maximum Gasteiger partial charge on any atom is 0.341 e. The normalized spacial score (nSPS) is 20.1. The van der Waals surface area contributed by atoms with Crippen LogP contribution in [0.3, 0.4) is 0 Å². The van der Waals surface area contributed by atoms with Crippen LogP contribution in [0.2, 0.25) is 0 Å². The largest absolute Gasteiger partial charge is 0.482 e. The predicted molar refractivity (Wildman–Crippen MR) is 132 cm³/mol. The molecule has 0 aromatic heterocycles. The SMILES string of the molecule is CC(C)CN1C(=O)C2(CCN(Cc3ccccc3OCC(=O)O)CC2)C[C@H]1Cc1cccc(F)c1. The van der Waals surface area contributed by atoms with Crippen LogP contribution in [0.15, 0.2) is 48.5 Å². The molecule has 35 heavy (non-hydrogen) atoms. The molecule has 2 aromatic rings. The number of piperidine rings is 1. The van der Waals surface area contributed by atoms with Crippen LogP contribution in [0, 0.1) is 17.2 Å². The minimum Gasteiger partial charge on any atom is -0.482 e. The van der Waals surface area contributed by atoms with E-state index >= 15 is 0 Å². The molecule has 1 atom stereocenters. The Kier molecular flexibility index (Phi) is 7.75. The number of benzene rings is 2. The van der Waals surface area contributed by atoms with E-state index in [4.69, 9.17) is 9.84 Å². The molecule has 2 aliphatic rings. The summed E-state index contributed by atoms with van der Waals surface area (Å²) in [5.74, 6) is -0.0366. The number of carbonyl (C=O) groups excluding carboxylic acids is 1. The Morgan fingerprint density at radius 3 is 2.60 bits per heavy atom. The molecular weight excluding hydrogens is 447 g/mol. The summed E-state index contributed by atoms with van der Waals surface area (Å²) in [6, 6.07) is 14.3. The van der Waals surface area contributed by atoms with Crippen LogP contribution in [-0.4, -0.2) is 59.1 Å². The van der Waals surface area contributed by atoms with Gasteiger partial charge in [-0.25, -0.2) is 9.18 Å². The topological polar surface area (TPSA) is 70.1 Å². The van der Waals surface area contributed by atoms with Crippen molar-refractivity contribution >= 4 is 11.9 Å². The van der Waals surface area contributed by atoms with E-state index < -0.39 is 5.97 Å². The van der Waals surface area contributed by atoms with Crippen molar-refractivity contribution in [3.05, 3.63) is 65.5 Å². The summed E-state index contributed by atoms with van der Waals surface area (Å²) >= 11 is 0. The van der Waals surface area contributed by atoms with E-state index in [-0.39, 0.29) is 29.8 Å². The fourth-order valence-electron chi connectivity index (χ4n) is 5.58. The number of ether oxygens (including phenoxy) is 1. The van der Waals surface area contributed by atoms with Crippen molar-refractivity contribution in [1.29, 1.82) is 0 Å². The Morgan fingerprint density at radius 2 is 1.91 bits per heavy atom. The number of rotatable bonds is 9. The lowest BCUT2D eigenvalue weighted by atomic mass is 9.75. The number of hydrogen-bond donors (Lipinski definition) is 1. The third-order valence-electron chi connectivity index (χ3n) is 7.23. The number of likely N-dealkylation sites (tertiary alicyclic amines) is 2. The highest BCUT2D eigenvalue weighted by atomic mass is 19.1. The van der Waals surface area contributed by atoms with Crippen molar-refractivity contribution < 1.29 is 23.8 Å². The number of carboxylic acids is 1. The smallest absolute Gasteiger partial charge is 0.341 e. The van der Waals surface area contributed by atoms with E-state index in [0.717, 1.165) is 50.0 Å². The molecule has 1 N–H and O–H groups in total. The number of aliphatic carboxylic acids is 1. The summed E-state index contributed by atoms with van der Waals surface area (Å²) in [5.41, 5.74) is 1.53. The first-order chi connectivity index (χ1) is 16.8. The second-order valence-corrected chi connectivity index (χ2v) is 10.4. The van der Waals surface area contributed by atoms with Gasteiger partial charge in [0.05, 0.1) is 5.41 Å². The summed E-state index contributed by atoms with van der Waals surface area (Å²) in [7, 11) is 0. The maximum atomic E-state index is 13.8. The molecule has 4 rings (SSSR count). The second-order valence-electron chi connectivity index (χ2n) is 10.4. The molecule has 2 aliphatic heterocycles. The van der Waals surface area contributed by atoms with Gasteiger partial charge in [0.1, 0.15) is 11.6 Å². The molecule has 0 bridgehead atoms. The van der Waals surface area contributed by atoms with Gasteiger partial charge in [-0.1, -0.05) is 44.2 Å². The van der Waals surface area contributed by atoms with Gasteiger partial charge in [-0.2, -0.15) is 0 Å². The molecule has 0 unspecified atom stereocenters. The Morgan fingerprint density at radius 1 is 1.17 bits per heavy atom. The molecule has 2 saturated heterocycles. The molecule has 0 aliphatic carbocycles. The van der Waals surface area contributed by atoms with E-state index in [1.54, 1.807) is 18.2 Å². The van der Waals surface area contributed by atoms with Gasteiger partial charge in [0.15, 0.2) is 6.61 Å². The van der Waals surface area contributed by atoms with Crippen LogP contribution in [0.5, 0.6) is 5.75 Å². The van der Waals surface area contributed by atoms with Crippen LogP contribution in [0.25, 0.3) is 0 Å². The van der Waals surface area contributed by atoms with Gasteiger partial charge >= 0.3 is 5.97 Å². The lowest BCUT2D eigenvalue weighted by Crippen LogP contribution is -2.45. The summed E-state index contributed by atoms with van der Waals surface area (Å²) in [6.07, 6.45) is 3.06. The first-order valence-electron chi connectivity index (χ1n) is 12.5. The van der Waals surface area contributed by atoms with Crippen molar-refractivity contribution in [3.8, 4) is 5.75 Å². The number of para-hydroxylation sites is 1. The molecule has 2 fully saturated rings. The van der Waals surface area contributed by atoms with Gasteiger partial charge in [0, 0.05) is 24.7 Å². The van der Waals surface area contributed by atoms with Crippen molar-refractivity contribution in [2.24, 2.45) is 11.3 Å². The molecule has 188 valence electrons. The predicted octanol–water partition coefficient (Wildman–Crippen LogP) is 4.37. The van der Waals surface area contributed by atoms with Gasteiger partial charge < -0.3 is 14.7 Å². The van der Waals surface area contributed by atoms with Gasteiger partial charge in [-0.15, -0.1) is 0 Å². The van der Waals surface area contributed by atoms with Gasteiger partial charge in [-0.05, 0) is 68.5 Å². The maximum absolute atomic E-state index is 13.8. The average molecular weight is 483 g/mol. The van der Waals surface area contributed by atoms with Crippen molar-refractivity contribution in [2.75, 3.05) is 26.2 Å². The summed E-state index contributed by atoms with van der Waals surface area (Å²) in [6.45, 7) is 6.85. The second kappa shape index (κ2) is 10.8. The van der Waals surface area contributed by atoms with Crippen LogP contribution >= 0.6 is 0 Å². The van der Waals surface area contributed by atoms with E-state index in [1.807, 2.05) is 24.3 Å². The Hall–Kier alpha value is -2.93. The van der Waals surface area contributed by atoms with Gasteiger partial charge in [0.25, 0.3) is 0 Å². The molecule has 1 spiro atoms. The number of amides is 1. The van der Waals surface area contributed by atoms with E-state index in [0.29, 0.717) is 24.6 Å². The third kappa shape index (κ3) is 6.01. The Bertz CT molecular complexity index is 1050. The molecule has 6 nitrogen and oxygen atoms in total. The number of carboxylic acid groups (broad SMARTS) is 1. The van der Waals surface area contributed by atoms with Gasteiger partial charge in [-0.3, -0.25) is 9.69 Å². The number of nitrogens with zero attached hydrogens (tertiary/aromatic N) is 2. The van der Waals surface area contributed by atoms with Crippen molar-refractivity contribution in [1.82, 2.24) is 9.80 Å². The van der Waals surface area contributed by atoms with Crippen molar-refractivity contribution in [2.45, 2.75) is 52.1 Å². The minimum atomic E-state index is -1.00. The molecule has 2 aromatic carbocycles. The summed E-state index contributed by atoms with van der Waals surface area (Å²) in [4.78, 5) is 29.0. The number of hydrogen-bond acceptors (Lipinski definition) is 4. The molecule has 2 heterocycles. The molecule has 0 radical (unpaired) electrons. The number of carbonyl (C=O) groups is 2. The Labute approximate surface area is 206 Å². The standard InChI is InChI=1S/C28H35FN2O4/c1-20(2)17-31-24(15-21-6-5-8-23(29)14-21)16-28(27(31)34)10-12-30(13-11-28)18-22-7-3-4-9-25(22)35-19-26(32)33/h3-9,14,20,24H,10-13,15-19H2,1-2H3,(H,32,33)/t24-/m1/s1. The zero-order valence-corrected chi connectivity index (χ0v) is 20.6. The van der Waals surface area contributed by atoms with Crippen LogP contribution < -0.4 is 4.74 Å². The van der Waals surface area contributed by atoms with E-state index in [2.05, 4.69) is 23.6 Å². The zero-order chi connectivity index (χ0) is 25.0. The van der Waals surface area contributed by atoms with Crippen LogP contribution in [-0.2, 0) is 22.6 Å². The lowest BCUT2D eigenvalue weighted by molar-refractivity contribution is -0.140. The lowest BCUT2D eigenvalue weighted by Gasteiger charge is -2.38. The first kappa shape index (κ1) is 25.2. The monoisotopic (exact) mass is 482 g/mol. The quantitative estimate of drug-likeness (QED) is 0.575. The minimum absolute atomic E-state index is 0.0865. The highest BCUT2D eigenvalue weighted by Gasteiger charge is 2.52. The van der Waals surface area contributed by atoms with E-state index in [9.17, 15) is 14.0 Å². The Balaban J connectivity index is 1.43. The van der Waals surface area contributed by atoms with Crippen LogP contribution in [0.4, 0.5) is 4.39 Å². The molecular formula is C28H35FN2O4. The summed E-state index contributed by atoms with van der Waals surface area (Å²) in [5, 5.41) is 8.94. The van der Waals surface area contributed by atoms with Crippen molar-refractivity contribution in [3.63, 3.8) is 0 Å². The zero-order valence-electron chi connectivity index (χ0n) is 20.6.